The Morgan fingerprint density at radius 1 is 1.25 bits per heavy atom. The molecular weight excluding hydrogens is 254 g/mol. The van der Waals surface area contributed by atoms with Gasteiger partial charge in [0.05, 0.1) is 0 Å². The van der Waals surface area contributed by atoms with Crippen LogP contribution >= 0.6 is 0 Å². The molecule has 2 N–H and O–H groups in total. The van der Waals surface area contributed by atoms with Crippen molar-refractivity contribution in [3.05, 3.63) is 11.7 Å². The highest BCUT2D eigenvalue weighted by Gasteiger charge is 2.37. The van der Waals surface area contributed by atoms with Crippen LogP contribution in [-0.4, -0.2) is 28.3 Å². The van der Waals surface area contributed by atoms with Crippen LogP contribution in [0.3, 0.4) is 0 Å². The number of piperidine rings is 1. The summed E-state index contributed by atoms with van der Waals surface area (Å²) in [4.78, 5) is 4.52. The van der Waals surface area contributed by atoms with Crippen molar-refractivity contribution in [1.82, 2.24) is 15.5 Å². The van der Waals surface area contributed by atoms with Crippen molar-refractivity contribution in [3.63, 3.8) is 0 Å². The molecule has 5 heteroatoms. The van der Waals surface area contributed by atoms with E-state index in [4.69, 9.17) is 4.52 Å². The molecule has 20 heavy (non-hydrogen) atoms. The average Bonchev–Trinajstić information content (AvgIpc) is 2.99. The van der Waals surface area contributed by atoms with Crippen molar-refractivity contribution in [2.75, 3.05) is 13.1 Å². The Bertz CT molecular complexity index is 432. The van der Waals surface area contributed by atoms with Gasteiger partial charge in [0, 0.05) is 5.92 Å². The van der Waals surface area contributed by atoms with E-state index in [-0.39, 0.29) is 0 Å². The lowest BCUT2D eigenvalue weighted by atomic mass is 9.80. The van der Waals surface area contributed by atoms with Gasteiger partial charge >= 0.3 is 0 Å². The lowest BCUT2D eigenvalue weighted by Gasteiger charge is -2.28. The highest BCUT2D eigenvalue weighted by Crippen LogP contribution is 2.37. The van der Waals surface area contributed by atoms with Gasteiger partial charge in [0.1, 0.15) is 5.60 Å². The van der Waals surface area contributed by atoms with Crippen LogP contribution in [-0.2, 0) is 5.60 Å². The lowest BCUT2D eigenvalue weighted by molar-refractivity contribution is -0.0228. The number of nitrogens with one attached hydrogen (secondary N) is 1. The maximum atomic E-state index is 10.6. The van der Waals surface area contributed by atoms with Crippen LogP contribution in [0.25, 0.3) is 0 Å². The Kier molecular flexibility index (Phi) is 4.08. The third-order valence-electron chi connectivity index (χ3n) is 5.06. The van der Waals surface area contributed by atoms with Crippen LogP contribution in [0.2, 0.25) is 0 Å². The largest absolute Gasteiger partial charge is 0.380 e. The minimum atomic E-state index is -0.920. The van der Waals surface area contributed by atoms with Crippen LogP contribution in [0, 0.1) is 5.92 Å². The molecule has 2 aliphatic rings. The van der Waals surface area contributed by atoms with E-state index >= 15 is 0 Å². The molecule has 0 spiro atoms. The van der Waals surface area contributed by atoms with Crippen LogP contribution in [0.4, 0.5) is 0 Å². The Hall–Kier alpha value is -0.940. The van der Waals surface area contributed by atoms with Crippen LogP contribution < -0.4 is 5.32 Å². The molecule has 1 saturated carbocycles. The van der Waals surface area contributed by atoms with Gasteiger partial charge in [-0.3, -0.25) is 0 Å². The molecule has 0 radical (unpaired) electrons. The van der Waals surface area contributed by atoms with E-state index in [1.54, 1.807) is 0 Å². The van der Waals surface area contributed by atoms with Crippen molar-refractivity contribution in [3.8, 4) is 0 Å². The molecule has 0 unspecified atom stereocenters. The first-order chi connectivity index (χ1) is 9.71. The Morgan fingerprint density at radius 3 is 2.60 bits per heavy atom. The van der Waals surface area contributed by atoms with Gasteiger partial charge in [-0.25, -0.2) is 0 Å². The number of hydrogen-bond donors (Lipinski definition) is 2. The Labute approximate surface area is 120 Å². The normalized spacial score (nSPS) is 30.3. The molecule has 112 valence electrons. The van der Waals surface area contributed by atoms with Gasteiger partial charge < -0.3 is 14.9 Å². The van der Waals surface area contributed by atoms with E-state index in [9.17, 15) is 5.11 Å². The second kappa shape index (κ2) is 5.82. The number of hydrogen-bond acceptors (Lipinski definition) is 5. The fourth-order valence-electron chi connectivity index (χ4n) is 3.47. The predicted octanol–water partition coefficient (Wildman–Crippen LogP) is 2.32. The summed E-state index contributed by atoms with van der Waals surface area (Å²) in [5.74, 6) is 2.51. The van der Waals surface area contributed by atoms with Crippen LogP contribution in [0.5, 0.6) is 0 Å². The maximum Gasteiger partial charge on any atom is 0.258 e. The molecule has 0 aromatic carbocycles. The Morgan fingerprint density at radius 2 is 1.95 bits per heavy atom. The van der Waals surface area contributed by atoms with Crippen LogP contribution in [0.15, 0.2) is 4.52 Å². The minimum Gasteiger partial charge on any atom is -0.380 e. The summed E-state index contributed by atoms with van der Waals surface area (Å²) < 4.78 is 5.37. The van der Waals surface area contributed by atoms with E-state index < -0.39 is 5.60 Å². The number of aliphatic hydroxyl groups is 1. The van der Waals surface area contributed by atoms with Crippen molar-refractivity contribution < 1.29 is 9.63 Å². The van der Waals surface area contributed by atoms with E-state index in [1.165, 1.54) is 19.3 Å². The molecule has 1 aliphatic carbocycles. The second-order valence-corrected chi connectivity index (χ2v) is 6.37. The summed E-state index contributed by atoms with van der Waals surface area (Å²) in [6, 6.07) is 0. The van der Waals surface area contributed by atoms with E-state index in [0.29, 0.717) is 24.7 Å². The summed E-state index contributed by atoms with van der Waals surface area (Å²) in [5.41, 5.74) is -0.920. The summed E-state index contributed by atoms with van der Waals surface area (Å²) in [5, 5.41) is 18.0. The second-order valence-electron chi connectivity index (χ2n) is 6.37. The van der Waals surface area contributed by atoms with Gasteiger partial charge in [0.25, 0.3) is 5.89 Å². The molecule has 0 atom stereocenters. The monoisotopic (exact) mass is 279 g/mol. The molecule has 1 aromatic rings. The lowest BCUT2D eigenvalue weighted by Crippen LogP contribution is -2.40. The summed E-state index contributed by atoms with van der Waals surface area (Å²) >= 11 is 0. The highest BCUT2D eigenvalue weighted by atomic mass is 16.5. The smallest absolute Gasteiger partial charge is 0.258 e. The average molecular weight is 279 g/mol. The highest BCUT2D eigenvalue weighted by molar-refractivity contribution is 5.04. The number of rotatable bonds is 3. The van der Waals surface area contributed by atoms with E-state index in [0.717, 1.165) is 37.7 Å². The summed E-state index contributed by atoms with van der Waals surface area (Å²) in [6.07, 6.45) is 7.40. The minimum absolute atomic E-state index is 0.417. The molecule has 0 bridgehead atoms. The fraction of sp³-hybridized carbons (Fsp3) is 0.867. The summed E-state index contributed by atoms with van der Waals surface area (Å²) in [6.45, 7) is 3.87. The molecule has 5 nitrogen and oxygen atoms in total. The molecule has 2 heterocycles. The number of nitrogens with zero attached hydrogens (tertiary/aromatic N) is 2. The molecule has 1 aromatic heterocycles. The van der Waals surface area contributed by atoms with Gasteiger partial charge in [-0.1, -0.05) is 18.5 Å². The predicted molar refractivity (Wildman–Crippen MR) is 75.3 cm³/mol. The van der Waals surface area contributed by atoms with Crippen molar-refractivity contribution in [2.24, 2.45) is 5.92 Å². The third-order valence-corrected chi connectivity index (χ3v) is 5.06. The molecule has 1 saturated heterocycles. The van der Waals surface area contributed by atoms with Crippen LogP contribution in [0.1, 0.15) is 69.5 Å². The molecule has 0 amide bonds. The van der Waals surface area contributed by atoms with Gasteiger partial charge in [0.2, 0.25) is 0 Å². The van der Waals surface area contributed by atoms with E-state index in [2.05, 4.69) is 22.4 Å². The quantitative estimate of drug-likeness (QED) is 0.888. The van der Waals surface area contributed by atoms with Crippen molar-refractivity contribution in [2.45, 2.75) is 63.4 Å². The zero-order chi connectivity index (χ0) is 14.0. The zero-order valence-electron chi connectivity index (χ0n) is 12.3. The third kappa shape index (κ3) is 2.74. The maximum absolute atomic E-state index is 10.6. The molecular formula is C15H25N3O2. The zero-order valence-corrected chi connectivity index (χ0v) is 12.3. The van der Waals surface area contributed by atoms with Gasteiger partial charge in [0.15, 0.2) is 5.82 Å². The van der Waals surface area contributed by atoms with Gasteiger partial charge in [-0.05, 0) is 57.5 Å². The number of aromatic nitrogens is 2. The standard InChI is InChI=1S/C15H25N3O2/c1-2-11-3-5-12(6-4-11)13-17-14(20-18-13)15(19)7-9-16-10-8-15/h11-12,16,19H,2-10H2,1H3. The van der Waals surface area contributed by atoms with E-state index in [1.807, 2.05) is 0 Å². The van der Waals surface area contributed by atoms with Gasteiger partial charge in [-0.15, -0.1) is 0 Å². The van der Waals surface area contributed by atoms with Gasteiger partial charge in [-0.2, -0.15) is 4.98 Å². The SMILES string of the molecule is CCC1CCC(c2noc(C3(O)CCNCC3)n2)CC1. The summed E-state index contributed by atoms with van der Waals surface area (Å²) in [7, 11) is 0. The van der Waals surface area contributed by atoms with Crippen molar-refractivity contribution >= 4 is 0 Å². The molecule has 2 fully saturated rings. The first-order valence-corrected chi connectivity index (χ1v) is 7.98. The topological polar surface area (TPSA) is 71.2 Å². The first kappa shape index (κ1) is 14.0. The Balaban J connectivity index is 1.67. The fourth-order valence-corrected chi connectivity index (χ4v) is 3.47. The van der Waals surface area contributed by atoms with Crippen molar-refractivity contribution in [1.29, 1.82) is 0 Å². The first-order valence-electron chi connectivity index (χ1n) is 7.98. The molecule has 3 rings (SSSR count). The molecule has 1 aliphatic heterocycles.